The predicted molar refractivity (Wildman–Crippen MR) is 76.0 cm³/mol. The van der Waals surface area contributed by atoms with Gasteiger partial charge in [0.2, 0.25) is 0 Å². The number of likely N-dealkylation sites (N-methyl/N-ethyl adjacent to an activating group) is 1. The van der Waals surface area contributed by atoms with E-state index in [9.17, 15) is 5.11 Å². The molecule has 0 heterocycles. The van der Waals surface area contributed by atoms with E-state index < -0.39 is 5.60 Å². The van der Waals surface area contributed by atoms with Crippen molar-refractivity contribution in [3.05, 3.63) is 34.3 Å². The Morgan fingerprint density at radius 1 is 1.29 bits per heavy atom. The van der Waals surface area contributed by atoms with Gasteiger partial charge in [-0.15, -0.1) is 0 Å². The first-order valence-electron chi connectivity index (χ1n) is 6.14. The van der Waals surface area contributed by atoms with Crippen molar-refractivity contribution in [2.24, 2.45) is 0 Å². The van der Waals surface area contributed by atoms with Crippen molar-refractivity contribution in [2.45, 2.75) is 38.8 Å². The summed E-state index contributed by atoms with van der Waals surface area (Å²) in [5.74, 6) is 0. The van der Waals surface area contributed by atoms with Crippen molar-refractivity contribution in [3.63, 3.8) is 0 Å². The fourth-order valence-corrected chi connectivity index (χ4v) is 2.43. The van der Waals surface area contributed by atoms with Gasteiger partial charge in [0, 0.05) is 17.6 Å². The third kappa shape index (κ3) is 4.78. The first-order chi connectivity index (χ1) is 7.99. The molecule has 0 unspecified atom stereocenters. The molecule has 0 saturated carbocycles. The van der Waals surface area contributed by atoms with Crippen LogP contribution in [0.4, 0.5) is 0 Å². The third-order valence-electron chi connectivity index (χ3n) is 3.22. The maximum absolute atomic E-state index is 10.3. The van der Waals surface area contributed by atoms with Crippen molar-refractivity contribution in [3.8, 4) is 0 Å². The van der Waals surface area contributed by atoms with Crippen LogP contribution >= 0.6 is 15.9 Å². The molecule has 17 heavy (non-hydrogen) atoms. The van der Waals surface area contributed by atoms with Gasteiger partial charge in [0.05, 0.1) is 5.60 Å². The molecule has 1 rings (SSSR count). The molecule has 0 aromatic heterocycles. The largest absolute Gasteiger partial charge is 0.389 e. The second-order valence-electron chi connectivity index (χ2n) is 4.73. The van der Waals surface area contributed by atoms with Crippen molar-refractivity contribution in [1.82, 2.24) is 4.90 Å². The van der Waals surface area contributed by atoms with Gasteiger partial charge < -0.3 is 5.11 Å². The molecular formula is C14H22BrNO. The van der Waals surface area contributed by atoms with Gasteiger partial charge in [0.1, 0.15) is 0 Å². The molecule has 1 aromatic carbocycles. The van der Waals surface area contributed by atoms with Crippen molar-refractivity contribution >= 4 is 15.9 Å². The molecule has 3 heteroatoms. The van der Waals surface area contributed by atoms with Gasteiger partial charge in [-0.1, -0.05) is 41.9 Å². The highest BCUT2D eigenvalue weighted by Gasteiger charge is 2.23. The van der Waals surface area contributed by atoms with E-state index in [1.807, 2.05) is 26.0 Å². The molecule has 0 radical (unpaired) electrons. The molecule has 0 saturated heterocycles. The monoisotopic (exact) mass is 299 g/mol. The van der Waals surface area contributed by atoms with Crippen LogP contribution in [0.5, 0.6) is 0 Å². The van der Waals surface area contributed by atoms with Gasteiger partial charge in [0.15, 0.2) is 0 Å². The average Bonchev–Trinajstić information content (AvgIpc) is 2.28. The molecule has 0 amide bonds. The van der Waals surface area contributed by atoms with Gasteiger partial charge in [-0.25, -0.2) is 0 Å². The topological polar surface area (TPSA) is 23.5 Å². The van der Waals surface area contributed by atoms with E-state index in [0.717, 1.165) is 23.9 Å². The van der Waals surface area contributed by atoms with E-state index in [0.29, 0.717) is 6.54 Å². The molecule has 1 N–H and O–H groups in total. The van der Waals surface area contributed by atoms with Crippen LogP contribution in [0.15, 0.2) is 28.7 Å². The quantitative estimate of drug-likeness (QED) is 0.870. The summed E-state index contributed by atoms with van der Waals surface area (Å²) in [5, 5.41) is 10.3. The summed E-state index contributed by atoms with van der Waals surface area (Å²) in [4.78, 5) is 2.18. The zero-order chi connectivity index (χ0) is 12.9. The zero-order valence-electron chi connectivity index (χ0n) is 10.9. The number of hydrogen-bond donors (Lipinski definition) is 1. The summed E-state index contributed by atoms with van der Waals surface area (Å²) in [6.45, 7) is 5.65. The maximum Gasteiger partial charge on any atom is 0.0768 e. The Labute approximate surface area is 113 Å². The number of hydrogen-bond acceptors (Lipinski definition) is 2. The van der Waals surface area contributed by atoms with Crippen LogP contribution in [0.2, 0.25) is 0 Å². The Bertz CT molecular complexity index is 350. The number of aliphatic hydroxyl groups is 1. The van der Waals surface area contributed by atoms with E-state index in [1.54, 1.807) is 0 Å². The minimum absolute atomic E-state index is 0.555. The Kier molecular flexibility index (Phi) is 5.63. The van der Waals surface area contributed by atoms with E-state index in [2.05, 4.69) is 40.0 Å². The first-order valence-corrected chi connectivity index (χ1v) is 6.94. The minimum Gasteiger partial charge on any atom is -0.389 e. The Balaban J connectivity index is 2.58. The molecule has 0 fully saturated rings. The molecule has 0 aliphatic rings. The van der Waals surface area contributed by atoms with Crippen LogP contribution in [0.25, 0.3) is 0 Å². The molecule has 0 spiro atoms. The van der Waals surface area contributed by atoms with E-state index in [1.165, 1.54) is 5.56 Å². The minimum atomic E-state index is -0.555. The standard InChI is InChI=1S/C14H22BrNO/c1-4-14(17,5-2)11-16(3)10-12-7-6-8-13(15)9-12/h6-9,17H,4-5,10-11H2,1-3H3. The summed E-state index contributed by atoms with van der Waals surface area (Å²) >= 11 is 3.47. The van der Waals surface area contributed by atoms with Gasteiger partial charge in [-0.05, 0) is 37.6 Å². The number of halogens is 1. The maximum atomic E-state index is 10.3. The molecule has 96 valence electrons. The summed E-state index contributed by atoms with van der Waals surface area (Å²) in [7, 11) is 2.05. The predicted octanol–water partition coefficient (Wildman–Crippen LogP) is 3.43. The van der Waals surface area contributed by atoms with Gasteiger partial charge >= 0.3 is 0 Å². The van der Waals surface area contributed by atoms with E-state index in [-0.39, 0.29) is 0 Å². The van der Waals surface area contributed by atoms with Gasteiger partial charge in [-0.3, -0.25) is 4.90 Å². The SMILES string of the molecule is CCC(O)(CC)CN(C)Cc1cccc(Br)c1. The highest BCUT2D eigenvalue weighted by molar-refractivity contribution is 9.10. The van der Waals surface area contributed by atoms with Gasteiger partial charge in [-0.2, -0.15) is 0 Å². The van der Waals surface area contributed by atoms with Crippen LogP contribution in [0.3, 0.4) is 0 Å². The lowest BCUT2D eigenvalue weighted by Gasteiger charge is -2.30. The first kappa shape index (κ1) is 14.7. The lowest BCUT2D eigenvalue weighted by molar-refractivity contribution is 0.00130. The van der Waals surface area contributed by atoms with Crippen LogP contribution in [0.1, 0.15) is 32.3 Å². The van der Waals surface area contributed by atoms with E-state index in [4.69, 9.17) is 0 Å². The van der Waals surface area contributed by atoms with E-state index >= 15 is 0 Å². The summed E-state index contributed by atoms with van der Waals surface area (Å²) in [6.07, 6.45) is 1.60. The smallest absolute Gasteiger partial charge is 0.0768 e. The molecule has 0 aliphatic heterocycles. The molecule has 2 nitrogen and oxygen atoms in total. The van der Waals surface area contributed by atoms with Crippen LogP contribution < -0.4 is 0 Å². The Hall–Kier alpha value is -0.380. The lowest BCUT2D eigenvalue weighted by Crippen LogP contribution is -2.40. The summed E-state index contributed by atoms with van der Waals surface area (Å²) in [5.41, 5.74) is 0.706. The Morgan fingerprint density at radius 2 is 1.94 bits per heavy atom. The van der Waals surface area contributed by atoms with Crippen LogP contribution in [-0.2, 0) is 6.54 Å². The molecule has 0 aliphatic carbocycles. The molecule has 0 atom stereocenters. The third-order valence-corrected chi connectivity index (χ3v) is 3.72. The van der Waals surface area contributed by atoms with Crippen molar-refractivity contribution < 1.29 is 5.11 Å². The van der Waals surface area contributed by atoms with Gasteiger partial charge in [0.25, 0.3) is 0 Å². The Morgan fingerprint density at radius 3 is 2.47 bits per heavy atom. The number of benzene rings is 1. The molecule has 1 aromatic rings. The zero-order valence-corrected chi connectivity index (χ0v) is 12.5. The number of rotatable bonds is 6. The summed E-state index contributed by atoms with van der Waals surface area (Å²) in [6, 6.07) is 8.29. The molecular weight excluding hydrogens is 278 g/mol. The number of nitrogens with zero attached hydrogens (tertiary/aromatic N) is 1. The van der Waals surface area contributed by atoms with Crippen molar-refractivity contribution in [2.75, 3.05) is 13.6 Å². The fourth-order valence-electron chi connectivity index (χ4n) is 1.98. The van der Waals surface area contributed by atoms with Crippen LogP contribution in [0, 0.1) is 0 Å². The second-order valence-corrected chi connectivity index (χ2v) is 5.65. The van der Waals surface area contributed by atoms with Crippen LogP contribution in [-0.4, -0.2) is 29.2 Å². The molecule has 0 bridgehead atoms. The average molecular weight is 300 g/mol. The van der Waals surface area contributed by atoms with Crippen molar-refractivity contribution in [1.29, 1.82) is 0 Å². The normalized spacial score (nSPS) is 12.1. The second kappa shape index (κ2) is 6.53. The lowest BCUT2D eigenvalue weighted by atomic mass is 9.97. The highest BCUT2D eigenvalue weighted by Crippen LogP contribution is 2.18. The highest BCUT2D eigenvalue weighted by atomic mass is 79.9. The summed E-state index contributed by atoms with van der Waals surface area (Å²) < 4.78 is 1.10. The fraction of sp³-hybridized carbons (Fsp3) is 0.571.